The number of benzene rings is 2. The van der Waals surface area contributed by atoms with Crippen molar-refractivity contribution >= 4 is 37.2 Å². The van der Waals surface area contributed by atoms with Crippen LogP contribution in [-0.2, 0) is 4.79 Å². The first kappa shape index (κ1) is 20.7. The first-order valence-electron chi connectivity index (χ1n) is 9.05. The molecule has 1 N–H and O–H groups in total. The van der Waals surface area contributed by atoms with Crippen LogP contribution in [0.25, 0.3) is 0 Å². The topological polar surface area (TPSA) is 89.5 Å². The molecule has 0 aromatic heterocycles. The quantitative estimate of drug-likeness (QED) is 0.285. The van der Waals surface area contributed by atoms with E-state index in [1.807, 2.05) is 0 Å². The molecule has 0 radical (unpaired) electrons. The van der Waals surface area contributed by atoms with E-state index in [2.05, 4.69) is 5.32 Å². The first-order chi connectivity index (χ1) is 14.0. The summed E-state index contributed by atoms with van der Waals surface area (Å²) in [5, 5.41) is 3.67. The summed E-state index contributed by atoms with van der Waals surface area (Å²) in [7, 11) is 0. The minimum atomic E-state index is -0.469. The average molecular weight is 456 g/mol. The number of Topliss-reactive ketones (excluding diaryl/α,β-unsaturated/α-hetero) is 1. The van der Waals surface area contributed by atoms with Crippen molar-refractivity contribution in [1.29, 1.82) is 0 Å². The van der Waals surface area contributed by atoms with Gasteiger partial charge in [-0.1, -0.05) is 0 Å². The second-order valence-corrected chi connectivity index (χ2v) is 8.54. The Morgan fingerprint density at radius 2 is 1.69 bits per heavy atom. The van der Waals surface area contributed by atoms with Gasteiger partial charge in [0.05, 0.1) is 0 Å². The molecular weight excluding hydrogens is 437 g/mol. The van der Waals surface area contributed by atoms with E-state index in [-0.39, 0.29) is 42.7 Å². The molecule has 1 aliphatic carbocycles. The summed E-state index contributed by atoms with van der Waals surface area (Å²) >= 11 is -0.328. The molecule has 3 rings (SSSR count). The van der Waals surface area contributed by atoms with Crippen molar-refractivity contribution in [3.05, 3.63) is 77.0 Å². The van der Waals surface area contributed by atoms with Gasteiger partial charge in [0.2, 0.25) is 0 Å². The Balaban J connectivity index is 1.50. The second kappa shape index (κ2) is 9.45. The number of ketones is 2. The summed E-state index contributed by atoms with van der Waals surface area (Å²) in [5.74, 6) is -0.579. The zero-order chi connectivity index (χ0) is 20.8. The molecule has 148 valence electrons. The van der Waals surface area contributed by atoms with E-state index in [1.165, 1.54) is 13.0 Å². The molecule has 0 spiro atoms. The van der Waals surface area contributed by atoms with Gasteiger partial charge in [0.15, 0.2) is 0 Å². The molecule has 2 aromatic rings. The van der Waals surface area contributed by atoms with Crippen molar-refractivity contribution in [3.8, 4) is 5.75 Å². The van der Waals surface area contributed by atoms with Crippen LogP contribution in [0.5, 0.6) is 5.75 Å². The Kier molecular flexibility index (Phi) is 6.75. The van der Waals surface area contributed by atoms with Crippen LogP contribution in [0, 0.1) is 0 Å². The first-order valence-corrected chi connectivity index (χ1v) is 11.1. The molecule has 7 heteroatoms. The van der Waals surface area contributed by atoms with E-state index < -0.39 is 5.97 Å². The van der Waals surface area contributed by atoms with Crippen molar-refractivity contribution in [2.75, 3.05) is 6.54 Å². The molecule has 0 aliphatic heterocycles. The summed E-state index contributed by atoms with van der Waals surface area (Å²) < 4.78 is 5.04. The fourth-order valence-corrected chi connectivity index (χ4v) is 4.54. The number of carbonyl (C=O) groups excluding carboxylic acids is 4. The van der Waals surface area contributed by atoms with Crippen molar-refractivity contribution in [1.82, 2.24) is 5.32 Å². The summed E-state index contributed by atoms with van der Waals surface area (Å²) in [4.78, 5) is 48.2. The van der Waals surface area contributed by atoms with Crippen molar-refractivity contribution in [2.45, 2.75) is 18.7 Å². The molecule has 0 saturated carbocycles. The van der Waals surface area contributed by atoms with Gasteiger partial charge in [-0.15, -0.1) is 0 Å². The zero-order valence-electron chi connectivity index (χ0n) is 15.8. The van der Waals surface area contributed by atoms with Gasteiger partial charge in [-0.05, 0) is 0 Å². The number of hydrogen-bond acceptors (Lipinski definition) is 6. The van der Waals surface area contributed by atoms with Crippen LogP contribution in [0.1, 0.15) is 44.4 Å². The predicted octanol–water partition coefficient (Wildman–Crippen LogP) is 2.82. The molecule has 29 heavy (non-hydrogen) atoms. The average Bonchev–Trinajstić information content (AvgIpc) is 2.71. The summed E-state index contributed by atoms with van der Waals surface area (Å²) in [5.41, 5.74) is 1.52. The third-order valence-corrected chi connectivity index (χ3v) is 6.23. The molecule has 1 aliphatic rings. The molecule has 0 fully saturated rings. The van der Waals surface area contributed by atoms with Gasteiger partial charge in [0.25, 0.3) is 0 Å². The molecule has 0 heterocycles. The van der Waals surface area contributed by atoms with Gasteiger partial charge in [0.1, 0.15) is 0 Å². The van der Waals surface area contributed by atoms with E-state index in [9.17, 15) is 19.2 Å². The Morgan fingerprint density at radius 1 is 1.00 bits per heavy atom. The van der Waals surface area contributed by atoms with Gasteiger partial charge in [-0.3, -0.25) is 0 Å². The molecule has 0 unspecified atom stereocenters. The van der Waals surface area contributed by atoms with Crippen molar-refractivity contribution in [2.24, 2.45) is 0 Å². The molecule has 2 aromatic carbocycles. The predicted molar refractivity (Wildman–Crippen MR) is 108 cm³/mol. The third kappa shape index (κ3) is 5.08. The number of esters is 1. The normalized spacial score (nSPS) is 12.8. The Morgan fingerprint density at radius 3 is 2.45 bits per heavy atom. The Bertz CT molecular complexity index is 1010. The van der Waals surface area contributed by atoms with Gasteiger partial charge in [-0.25, -0.2) is 0 Å². The fraction of sp³-hybridized carbons (Fsp3) is 0.182. The van der Waals surface area contributed by atoms with Crippen LogP contribution in [0.15, 0.2) is 60.3 Å². The number of ether oxygens (including phenoxy) is 1. The molecule has 0 bridgehead atoms. The van der Waals surface area contributed by atoms with Crippen LogP contribution >= 0.6 is 0 Å². The van der Waals surface area contributed by atoms with Crippen LogP contribution < -0.4 is 10.1 Å². The van der Waals surface area contributed by atoms with Gasteiger partial charge in [-0.2, -0.15) is 0 Å². The number of rotatable bonds is 8. The van der Waals surface area contributed by atoms with Crippen molar-refractivity contribution in [3.63, 3.8) is 0 Å². The number of fused-ring (bicyclic) bond motifs is 1. The molecule has 6 nitrogen and oxygen atoms in total. The maximum atomic E-state index is 12.5. The molecular formula is C22H19NO5Se. The van der Waals surface area contributed by atoms with E-state index >= 15 is 0 Å². The Hall–Kier alpha value is -3.02. The maximum absolute atomic E-state index is 12.5. The Labute approximate surface area is 174 Å². The number of allylic oxidation sites excluding steroid dienone is 2. The number of para-hydroxylation sites is 1. The number of hydrogen-bond donors (Lipinski definition) is 1. The zero-order valence-corrected chi connectivity index (χ0v) is 17.5. The van der Waals surface area contributed by atoms with Crippen LogP contribution in [0.2, 0.25) is 5.32 Å². The van der Waals surface area contributed by atoms with Crippen LogP contribution in [0.4, 0.5) is 0 Å². The monoisotopic (exact) mass is 457 g/mol. The minimum absolute atomic E-state index is 0.0496. The number of nitrogens with one attached hydrogen (secondary N) is 1. The van der Waals surface area contributed by atoms with E-state index in [0.717, 1.165) is 0 Å². The molecule has 0 atom stereocenters. The van der Waals surface area contributed by atoms with E-state index in [0.29, 0.717) is 35.0 Å². The SMILES string of the molecule is CC(=O)Oc1ccccc1C(=O)[Se]CCCNC1=CC(=O)c2ccccc2C1=O. The van der Waals surface area contributed by atoms with Crippen LogP contribution in [-0.4, -0.2) is 43.7 Å². The van der Waals surface area contributed by atoms with Gasteiger partial charge in [0, 0.05) is 0 Å². The van der Waals surface area contributed by atoms with Gasteiger partial charge >= 0.3 is 174 Å². The molecule has 0 amide bonds. The van der Waals surface area contributed by atoms with Crippen molar-refractivity contribution < 1.29 is 23.9 Å². The summed E-state index contributed by atoms with van der Waals surface area (Å²) in [6.07, 6.45) is 2.00. The fourth-order valence-electron chi connectivity index (χ4n) is 2.86. The summed E-state index contributed by atoms with van der Waals surface area (Å²) in [6.45, 7) is 1.77. The standard InChI is InChI=1S/C22H19NO5Se/c1-14(24)28-20-10-5-4-9-17(20)22(27)29-12-6-11-23-18-13-19(25)15-7-2-3-8-16(15)21(18)26/h2-5,7-10,13,23H,6,11-12H2,1H3. The van der Waals surface area contributed by atoms with Crippen LogP contribution in [0.3, 0.4) is 0 Å². The van der Waals surface area contributed by atoms with E-state index in [1.54, 1.807) is 48.5 Å². The second-order valence-electron chi connectivity index (χ2n) is 6.30. The summed E-state index contributed by atoms with van der Waals surface area (Å²) in [6, 6.07) is 13.4. The number of carbonyl (C=O) groups is 4. The van der Waals surface area contributed by atoms with Gasteiger partial charge < -0.3 is 0 Å². The third-order valence-electron chi connectivity index (χ3n) is 4.19. The molecule has 0 saturated heterocycles. The van der Waals surface area contributed by atoms with E-state index in [4.69, 9.17) is 4.74 Å².